The molecule has 152 valence electrons. The Kier molecular flexibility index (Phi) is 7.90. The first kappa shape index (κ1) is 22.4. The molecule has 2 aliphatic rings. The number of benzene rings is 1. The fourth-order valence-electron chi connectivity index (χ4n) is 3.65. The van der Waals surface area contributed by atoms with Crippen LogP contribution in [-0.4, -0.2) is 58.7 Å². The fraction of sp³-hybridized carbons (Fsp3) is 0.611. The first-order chi connectivity index (χ1) is 12.4. The molecule has 2 heterocycles. The maximum absolute atomic E-state index is 11.3. The molecule has 2 saturated heterocycles. The van der Waals surface area contributed by atoms with Crippen molar-refractivity contribution in [2.45, 2.75) is 31.1 Å². The zero-order chi connectivity index (χ0) is 18.6. The van der Waals surface area contributed by atoms with Crippen LogP contribution in [-0.2, 0) is 21.2 Å². The van der Waals surface area contributed by atoms with E-state index in [0.717, 1.165) is 63.6 Å². The first-order valence-corrected chi connectivity index (χ1v) is 10.7. The van der Waals surface area contributed by atoms with Crippen LogP contribution < -0.4 is 10.5 Å². The molecule has 0 radical (unpaired) electrons. The average Bonchev–Trinajstić information content (AvgIpc) is 3.24. The van der Waals surface area contributed by atoms with Crippen molar-refractivity contribution in [3.8, 4) is 0 Å². The van der Waals surface area contributed by atoms with Crippen molar-refractivity contribution in [3.05, 3.63) is 29.8 Å². The van der Waals surface area contributed by atoms with Gasteiger partial charge in [0.15, 0.2) is 5.96 Å². The van der Waals surface area contributed by atoms with Gasteiger partial charge in [-0.25, -0.2) is 13.6 Å². The number of aliphatic imine (C=N–C) groups is 1. The highest BCUT2D eigenvalue weighted by atomic mass is 127. The van der Waals surface area contributed by atoms with E-state index in [9.17, 15) is 8.42 Å². The highest BCUT2D eigenvalue weighted by molar-refractivity contribution is 14.0. The Balaban J connectivity index is 0.00000261. The molecule has 1 unspecified atom stereocenters. The second-order valence-corrected chi connectivity index (χ2v) is 8.71. The molecule has 1 atom stereocenters. The number of nitrogens with two attached hydrogens (primary N) is 1. The number of sulfonamides is 1. The lowest BCUT2D eigenvalue weighted by atomic mass is 9.87. The lowest BCUT2D eigenvalue weighted by Gasteiger charge is -2.25. The second-order valence-electron chi connectivity index (χ2n) is 7.15. The molecule has 0 bridgehead atoms. The van der Waals surface area contributed by atoms with Gasteiger partial charge in [-0.2, -0.15) is 0 Å². The molecule has 0 amide bonds. The summed E-state index contributed by atoms with van der Waals surface area (Å²) >= 11 is 0. The largest absolute Gasteiger partial charge is 0.381 e. The van der Waals surface area contributed by atoms with Crippen LogP contribution in [0.4, 0.5) is 0 Å². The van der Waals surface area contributed by atoms with E-state index in [2.05, 4.69) is 17.1 Å². The van der Waals surface area contributed by atoms with E-state index >= 15 is 0 Å². The predicted octanol–water partition coefficient (Wildman–Crippen LogP) is 1.57. The Morgan fingerprint density at radius 1 is 1.33 bits per heavy atom. The average molecular weight is 508 g/mol. The third-order valence-electron chi connectivity index (χ3n) is 5.17. The van der Waals surface area contributed by atoms with Crippen molar-refractivity contribution in [2.75, 3.05) is 39.4 Å². The molecule has 1 aromatic rings. The number of nitrogens with one attached hydrogen (secondary N) is 1. The summed E-state index contributed by atoms with van der Waals surface area (Å²) in [4.78, 5) is 7.24. The molecule has 2 aliphatic heterocycles. The molecule has 2 fully saturated rings. The standard InChI is InChI=1S/C18H28N4O3S.HI/c1-2-20-17(22-11-8-18(13-22)9-12-25-14-18)21-10-7-15-3-5-16(6-4-15)26(19,23)24;/h3-6H,2,7-14H2,1H3,(H,20,21)(H2,19,23,24);1H. The van der Waals surface area contributed by atoms with Crippen molar-refractivity contribution in [1.82, 2.24) is 10.2 Å². The molecule has 7 nitrogen and oxygen atoms in total. The molecular weight excluding hydrogens is 479 g/mol. The van der Waals surface area contributed by atoms with Gasteiger partial charge in [-0.15, -0.1) is 24.0 Å². The molecule has 0 aromatic heterocycles. The molecule has 0 aliphatic carbocycles. The van der Waals surface area contributed by atoms with Crippen LogP contribution in [0, 0.1) is 5.41 Å². The number of nitrogens with zero attached hydrogens (tertiary/aromatic N) is 2. The number of primary sulfonamides is 1. The highest BCUT2D eigenvalue weighted by Gasteiger charge is 2.42. The van der Waals surface area contributed by atoms with Crippen LogP contribution in [0.15, 0.2) is 34.2 Å². The van der Waals surface area contributed by atoms with Gasteiger partial charge in [0, 0.05) is 38.2 Å². The van der Waals surface area contributed by atoms with E-state index in [4.69, 9.17) is 14.9 Å². The van der Waals surface area contributed by atoms with Crippen molar-refractivity contribution < 1.29 is 13.2 Å². The zero-order valence-corrected chi connectivity index (χ0v) is 18.8. The summed E-state index contributed by atoms with van der Waals surface area (Å²) in [5, 5.41) is 8.51. The van der Waals surface area contributed by atoms with Crippen LogP contribution in [0.25, 0.3) is 0 Å². The lowest BCUT2D eigenvalue weighted by molar-refractivity contribution is 0.156. The SMILES string of the molecule is CCNC(=NCCc1ccc(S(N)(=O)=O)cc1)N1CCC2(CCOC2)C1.I. The maximum atomic E-state index is 11.3. The van der Waals surface area contributed by atoms with Gasteiger partial charge in [-0.1, -0.05) is 12.1 Å². The molecule has 1 spiro atoms. The van der Waals surface area contributed by atoms with Gasteiger partial charge < -0.3 is 15.0 Å². The predicted molar refractivity (Wildman–Crippen MR) is 117 cm³/mol. The van der Waals surface area contributed by atoms with E-state index in [0.29, 0.717) is 12.0 Å². The minimum atomic E-state index is -3.64. The van der Waals surface area contributed by atoms with Crippen LogP contribution >= 0.6 is 24.0 Å². The fourth-order valence-corrected chi connectivity index (χ4v) is 4.17. The number of hydrogen-bond donors (Lipinski definition) is 2. The van der Waals surface area contributed by atoms with Crippen LogP contribution in [0.3, 0.4) is 0 Å². The topological polar surface area (TPSA) is 97.0 Å². The van der Waals surface area contributed by atoms with Gasteiger partial charge in [0.1, 0.15) is 0 Å². The van der Waals surface area contributed by atoms with E-state index in [1.807, 2.05) is 0 Å². The minimum Gasteiger partial charge on any atom is -0.381 e. The second kappa shape index (κ2) is 9.53. The zero-order valence-electron chi connectivity index (χ0n) is 15.7. The first-order valence-electron chi connectivity index (χ1n) is 9.15. The Labute approximate surface area is 178 Å². The summed E-state index contributed by atoms with van der Waals surface area (Å²) < 4.78 is 28.2. The Hall–Kier alpha value is -0.910. The van der Waals surface area contributed by atoms with E-state index in [1.54, 1.807) is 24.3 Å². The van der Waals surface area contributed by atoms with Gasteiger partial charge in [0.2, 0.25) is 10.0 Å². The van der Waals surface area contributed by atoms with Crippen LogP contribution in [0.2, 0.25) is 0 Å². The number of guanidine groups is 1. The summed E-state index contributed by atoms with van der Waals surface area (Å²) in [5.41, 5.74) is 1.35. The molecular formula is C18H29IN4O3S. The van der Waals surface area contributed by atoms with Crippen LogP contribution in [0.1, 0.15) is 25.3 Å². The van der Waals surface area contributed by atoms with E-state index in [1.165, 1.54) is 0 Å². The van der Waals surface area contributed by atoms with Gasteiger partial charge >= 0.3 is 0 Å². The number of ether oxygens (including phenoxy) is 1. The van der Waals surface area contributed by atoms with Gasteiger partial charge in [0.25, 0.3) is 0 Å². The van der Waals surface area contributed by atoms with Crippen LogP contribution in [0.5, 0.6) is 0 Å². The monoisotopic (exact) mass is 508 g/mol. The Morgan fingerprint density at radius 3 is 2.67 bits per heavy atom. The van der Waals surface area contributed by atoms with Crippen molar-refractivity contribution in [1.29, 1.82) is 0 Å². The van der Waals surface area contributed by atoms with Gasteiger partial charge in [0.05, 0.1) is 11.5 Å². The third-order valence-corrected chi connectivity index (χ3v) is 6.10. The third kappa shape index (κ3) is 5.78. The molecule has 1 aromatic carbocycles. The minimum absolute atomic E-state index is 0. The number of likely N-dealkylation sites (tertiary alicyclic amines) is 1. The molecule has 27 heavy (non-hydrogen) atoms. The highest BCUT2D eigenvalue weighted by Crippen LogP contribution is 2.38. The summed E-state index contributed by atoms with van der Waals surface area (Å²) in [6, 6.07) is 6.68. The number of rotatable bonds is 5. The summed E-state index contributed by atoms with van der Waals surface area (Å²) in [7, 11) is -3.64. The Morgan fingerprint density at radius 2 is 2.07 bits per heavy atom. The molecule has 3 N–H and O–H groups in total. The maximum Gasteiger partial charge on any atom is 0.238 e. The Bertz CT molecular complexity index is 746. The quantitative estimate of drug-likeness (QED) is 0.358. The summed E-state index contributed by atoms with van der Waals surface area (Å²) in [5.74, 6) is 0.956. The number of hydrogen-bond acceptors (Lipinski definition) is 4. The molecule has 9 heteroatoms. The molecule has 3 rings (SSSR count). The van der Waals surface area contributed by atoms with Gasteiger partial charge in [-0.3, -0.25) is 4.99 Å². The summed E-state index contributed by atoms with van der Waals surface area (Å²) in [6.07, 6.45) is 3.05. The lowest BCUT2D eigenvalue weighted by Crippen LogP contribution is -2.41. The van der Waals surface area contributed by atoms with Crippen molar-refractivity contribution >= 4 is 40.0 Å². The smallest absolute Gasteiger partial charge is 0.238 e. The van der Waals surface area contributed by atoms with Gasteiger partial charge in [-0.05, 0) is 43.9 Å². The van der Waals surface area contributed by atoms with E-state index in [-0.39, 0.29) is 28.9 Å². The summed E-state index contributed by atoms with van der Waals surface area (Å²) in [6.45, 7) is 7.31. The molecule has 0 saturated carbocycles. The van der Waals surface area contributed by atoms with Crippen molar-refractivity contribution in [3.63, 3.8) is 0 Å². The number of halogens is 1. The van der Waals surface area contributed by atoms with E-state index < -0.39 is 10.0 Å². The van der Waals surface area contributed by atoms with Crippen molar-refractivity contribution in [2.24, 2.45) is 15.5 Å². The normalized spacial score (nSPS) is 22.9.